The molecule has 1 heterocycles. The second kappa shape index (κ2) is 12.6. The van der Waals surface area contributed by atoms with Crippen LogP contribution in [0.4, 0.5) is 16.2 Å². The van der Waals surface area contributed by atoms with Gasteiger partial charge < -0.3 is 19.5 Å². The first kappa shape index (κ1) is 29.2. The maximum absolute atomic E-state index is 13.3. The number of rotatable bonds is 9. The van der Waals surface area contributed by atoms with Crippen LogP contribution in [0.5, 0.6) is 17.2 Å². The number of benzene rings is 3. The van der Waals surface area contributed by atoms with Crippen LogP contribution in [0.2, 0.25) is 5.02 Å². The average molecular weight is 578 g/mol. The van der Waals surface area contributed by atoms with Crippen LogP contribution in [-0.2, 0) is 14.4 Å². The van der Waals surface area contributed by atoms with E-state index in [-0.39, 0.29) is 41.0 Å². The minimum Gasteiger partial charge on any atom is -0.497 e. The fourth-order valence-electron chi connectivity index (χ4n) is 4.06. The summed E-state index contributed by atoms with van der Waals surface area (Å²) in [7, 11) is 1.49. The fourth-order valence-corrected chi connectivity index (χ4v) is 4.33. The Hall–Kier alpha value is -4.83. The van der Waals surface area contributed by atoms with Crippen LogP contribution in [0.15, 0.2) is 60.2 Å². The Kier molecular flexibility index (Phi) is 8.94. The van der Waals surface area contributed by atoms with Crippen molar-refractivity contribution in [3.63, 3.8) is 0 Å². The van der Waals surface area contributed by atoms with Gasteiger partial charge in [0, 0.05) is 5.69 Å². The lowest BCUT2D eigenvalue weighted by Crippen LogP contribution is -2.54. The number of anilines is 2. The van der Waals surface area contributed by atoms with Gasteiger partial charge in [0.1, 0.15) is 11.3 Å². The molecule has 212 valence electrons. The summed E-state index contributed by atoms with van der Waals surface area (Å²) in [6.07, 6.45) is 1.30. The second-order valence-electron chi connectivity index (χ2n) is 9.07. The highest BCUT2D eigenvalue weighted by atomic mass is 35.5. The van der Waals surface area contributed by atoms with Crippen molar-refractivity contribution < 1.29 is 33.4 Å². The minimum atomic E-state index is -0.877. The first-order chi connectivity index (χ1) is 19.6. The van der Waals surface area contributed by atoms with Crippen LogP contribution in [0, 0.1) is 13.8 Å². The van der Waals surface area contributed by atoms with E-state index in [9.17, 15) is 19.2 Å². The highest BCUT2D eigenvalue weighted by Gasteiger charge is 2.37. The zero-order valence-corrected chi connectivity index (χ0v) is 23.6. The number of barbiturate groups is 1. The maximum atomic E-state index is 13.3. The van der Waals surface area contributed by atoms with Crippen molar-refractivity contribution >= 4 is 52.8 Å². The number of halogens is 1. The van der Waals surface area contributed by atoms with E-state index in [1.165, 1.54) is 37.5 Å². The zero-order valence-electron chi connectivity index (χ0n) is 22.9. The van der Waals surface area contributed by atoms with Gasteiger partial charge in [0.25, 0.3) is 17.7 Å². The smallest absolute Gasteiger partial charge is 0.335 e. The van der Waals surface area contributed by atoms with E-state index in [1.54, 1.807) is 19.1 Å². The maximum Gasteiger partial charge on any atom is 0.335 e. The SMILES string of the molecule is CCOc1cc(/C=C2\C(=O)NC(=O)N(c3ccc(OC)cc3)C2=O)cc(Cl)c1OCC(=O)Nc1cc(C)ccc1C. The van der Waals surface area contributed by atoms with Crippen LogP contribution in [0.1, 0.15) is 23.6 Å². The van der Waals surface area contributed by atoms with E-state index in [0.717, 1.165) is 16.0 Å². The molecule has 1 fully saturated rings. The predicted molar refractivity (Wildman–Crippen MR) is 155 cm³/mol. The average Bonchev–Trinajstić information content (AvgIpc) is 2.93. The number of carbonyl (C=O) groups excluding carboxylic acids is 4. The molecule has 0 aliphatic carbocycles. The van der Waals surface area contributed by atoms with E-state index in [2.05, 4.69) is 10.6 Å². The number of nitrogens with one attached hydrogen (secondary N) is 2. The van der Waals surface area contributed by atoms with Gasteiger partial charge in [-0.1, -0.05) is 23.7 Å². The fraction of sp³-hybridized carbons (Fsp3) is 0.200. The van der Waals surface area contributed by atoms with E-state index < -0.39 is 23.8 Å². The molecule has 5 amide bonds. The molecular formula is C30H28ClN3O7. The third-order valence-electron chi connectivity index (χ3n) is 6.09. The molecule has 1 aliphatic rings. The van der Waals surface area contributed by atoms with Crippen molar-refractivity contribution in [2.24, 2.45) is 0 Å². The number of amides is 5. The van der Waals surface area contributed by atoms with Gasteiger partial charge in [0.15, 0.2) is 18.1 Å². The van der Waals surface area contributed by atoms with Crippen molar-refractivity contribution in [3.8, 4) is 17.2 Å². The Morgan fingerprint density at radius 3 is 2.44 bits per heavy atom. The third-order valence-corrected chi connectivity index (χ3v) is 6.37. The molecule has 0 aromatic heterocycles. The monoisotopic (exact) mass is 577 g/mol. The topological polar surface area (TPSA) is 123 Å². The van der Waals surface area contributed by atoms with Gasteiger partial charge in [0.05, 0.1) is 24.4 Å². The van der Waals surface area contributed by atoms with Gasteiger partial charge in [-0.05, 0) is 86.0 Å². The number of ether oxygens (including phenoxy) is 3. The summed E-state index contributed by atoms with van der Waals surface area (Å²) in [5, 5.41) is 5.09. The molecule has 0 saturated carbocycles. The number of nitrogens with zero attached hydrogens (tertiary/aromatic N) is 1. The molecule has 0 bridgehead atoms. The van der Waals surface area contributed by atoms with Crippen LogP contribution in [-0.4, -0.2) is 44.1 Å². The first-order valence-electron chi connectivity index (χ1n) is 12.6. The van der Waals surface area contributed by atoms with Crippen molar-refractivity contribution in [2.75, 3.05) is 30.5 Å². The molecule has 4 rings (SSSR count). The summed E-state index contributed by atoms with van der Waals surface area (Å²) in [4.78, 5) is 51.8. The summed E-state index contributed by atoms with van der Waals surface area (Å²) in [5.74, 6) is -1.20. The van der Waals surface area contributed by atoms with Gasteiger partial charge in [-0.3, -0.25) is 19.7 Å². The molecule has 3 aromatic carbocycles. The van der Waals surface area contributed by atoms with E-state index in [0.29, 0.717) is 17.0 Å². The van der Waals surface area contributed by atoms with E-state index in [1.807, 2.05) is 32.0 Å². The van der Waals surface area contributed by atoms with E-state index >= 15 is 0 Å². The van der Waals surface area contributed by atoms with Gasteiger partial charge in [-0.25, -0.2) is 9.69 Å². The normalized spacial score (nSPS) is 14.1. The lowest BCUT2D eigenvalue weighted by Gasteiger charge is -2.26. The second-order valence-corrected chi connectivity index (χ2v) is 9.48. The molecule has 3 aromatic rings. The van der Waals surface area contributed by atoms with Gasteiger partial charge >= 0.3 is 6.03 Å². The van der Waals surface area contributed by atoms with Crippen LogP contribution in [0.25, 0.3) is 6.08 Å². The molecule has 0 unspecified atom stereocenters. The summed E-state index contributed by atoms with van der Waals surface area (Å²) in [6, 6.07) is 14.1. The van der Waals surface area contributed by atoms with Crippen molar-refractivity contribution in [3.05, 3.63) is 81.9 Å². The van der Waals surface area contributed by atoms with E-state index in [4.69, 9.17) is 25.8 Å². The Morgan fingerprint density at radius 1 is 1.02 bits per heavy atom. The molecule has 0 radical (unpaired) electrons. The highest BCUT2D eigenvalue weighted by molar-refractivity contribution is 6.39. The standard InChI is InChI=1S/C30H28ClN3O7/c1-5-40-25-15-19(14-23(31)27(25)41-16-26(35)32-24-12-17(2)6-7-18(24)3)13-22-28(36)33-30(38)34(29(22)37)20-8-10-21(39-4)11-9-20/h6-15H,5,16H2,1-4H3,(H,32,35)(H,33,36,38)/b22-13+. The molecule has 10 nitrogen and oxygen atoms in total. The van der Waals surface area contributed by atoms with Crippen molar-refractivity contribution in [2.45, 2.75) is 20.8 Å². The number of hydrogen-bond donors (Lipinski definition) is 2. The number of carbonyl (C=O) groups is 4. The van der Waals surface area contributed by atoms with Crippen LogP contribution >= 0.6 is 11.6 Å². The zero-order chi connectivity index (χ0) is 29.7. The van der Waals surface area contributed by atoms with Crippen LogP contribution < -0.4 is 29.7 Å². The van der Waals surface area contributed by atoms with Crippen molar-refractivity contribution in [1.82, 2.24) is 5.32 Å². The molecule has 1 saturated heterocycles. The summed E-state index contributed by atoms with van der Waals surface area (Å²) in [5.41, 5.74) is 2.88. The number of methoxy groups -OCH3 is 1. The lowest BCUT2D eigenvalue weighted by atomic mass is 10.1. The Bertz CT molecular complexity index is 1550. The summed E-state index contributed by atoms with van der Waals surface area (Å²) in [6.45, 7) is 5.48. The third kappa shape index (κ3) is 6.67. The van der Waals surface area contributed by atoms with Crippen molar-refractivity contribution in [1.29, 1.82) is 0 Å². The summed E-state index contributed by atoms with van der Waals surface area (Å²) < 4.78 is 16.5. The lowest BCUT2D eigenvalue weighted by molar-refractivity contribution is -0.122. The molecule has 0 spiro atoms. The Balaban J connectivity index is 1.58. The van der Waals surface area contributed by atoms with Crippen LogP contribution in [0.3, 0.4) is 0 Å². The molecule has 1 aliphatic heterocycles. The molecule has 11 heteroatoms. The molecule has 0 atom stereocenters. The molecule has 41 heavy (non-hydrogen) atoms. The predicted octanol–water partition coefficient (Wildman–Crippen LogP) is 5.05. The number of imide groups is 2. The number of hydrogen-bond acceptors (Lipinski definition) is 7. The molecular weight excluding hydrogens is 550 g/mol. The number of aryl methyl sites for hydroxylation is 2. The first-order valence-corrected chi connectivity index (χ1v) is 13.0. The quantitative estimate of drug-likeness (QED) is 0.269. The Labute approximate surface area is 241 Å². The van der Waals surface area contributed by atoms with Gasteiger partial charge in [-0.2, -0.15) is 0 Å². The number of urea groups is 1. The molecule has 2 N–H and O–H groups in total. The highest BCUT2D eigenvalue weighted by Crippen LogP contribution is 2.38. The Morgan fingerprint density at radius 2 is 1.76 bits per heavy atom. The van der Waals surface area contributed by atoms with Gasteiger partial charge in [-0.15, -0.1) is 0 Å². The summed E-state index contributed by atoms with van der Waals surface area (Å²) >= 11 is 6.50. The van der Waals surface area contributed by atoms with Gasteiger partial charge in [0.2, 0.25) is 0 Å². The minimum absolute atomic E-state index is 0.0917. The largest absolute Gasteiger partial charge is 0.497 e.